The van der Waals surface area contributed by atoms with Crippen LogP contribution in [0.2, 0.25) is 0 Å². The molecule has 0 spiro atoms. The van der Waals surface area contributed by atoms with Crippen LogP contribution >= 0.6 is 11.9 Å². The molecule has 3 heterocycles. The Hall–Kier alpha value is -2.19. The van der Waals surface area contributed by atoms with E-state index >= 15 is 0 Å². The molecule has 8 heteroatoms. The summed E-state index contributed by atoms with van der Waals surface area (Å²) in [6.07, 6.45) is 12.9. The molecule has 1 saturated carbocycles. The summed E-state index contributed by atoms with van der Waals surface area (Å²) in [5.41, 5.74) is 2.83. The molecule has 0 saturated heterocycles. The third-order valence-corrected chi connectivity index (χ3v) is 6.40. The number of anilines is 2. The van der Waals surface area contributed by atoms with E-state index in [0.29, 0.717) is 18.4 Å². The van der Waals surface area contributed by atoms with E-state index in [-0.39, 0.29) is 19.4 Å². The second-order valence-electron chi connectivity index (χ2n) is 7.63. The highest BCUT2D eigenvalue weighted by atomic mass is 32.2. The van der Waals surface area contributed by atoms with Crippen molar-refractivity contribution < 1.29 is 4.79 Å². The number of likely N-dealkylation sites (N-methyl/N-ethyl adjacent to an activating group) is 1. The highest BCUT2D eigenvalue weighted by Crippen LogP contribution is 2.40. The van der Waals surface area contributed by atoms with Crippen LogP contribution in [-0.4, -0.2) is 46.2 Å². The summed E-state index contributed by atoms with van der Waals surface area (Å²) < 4.78 is 3.28. The molecule has 0 bridgehead atoms. The monoisotopic (exact) mass is 428 g/mol. The Morgan fingerprint density at radius 1 is 1.27 bits per heavy atom. The topological polar surface area (TPSA) is 74.2 Å². The molecule has 1 amide bonds. The maximum atomic E-state index is 13.0. The van der Waals surface area contributed by atoms with E-state index in [1.54, 1.807) is 29.2 Å². The van der Waals surface area contributed by atoms with Gasteiger partial charge in [-0.2, -0.15) is 0 Å². The predicted molar refractivity (Wildman–Crippen MR) is 125 cm³/mol. The molecule has 162 valence electrons. The van der Waals surface area contributed by atoms with Gasteiger partial charge in [-0.05, 0) is 37.1 Å². The third kappa shape index (κ3) is 4.03. The van der Waals surface area contributed by atoms with E-state index in [1.165, 1.54) is 12.8 Å². The molecule has 0 unspecified atom stereocenters. The fraction of sp³-hybridized carbons (Fsp3) is 0.545. The average Bonchev–Trinajstić information content (AvgIpc) is 3.28. The van der Waals surface area contributed by atoms with Gasteiger partial charge in [0.15, 0.2) is 11.6 Å². The van der Waals surface area contributed by atoms with Crippen LogP contribution in [0.25, 0.3) is 11.4 Å². The van der Waals surface area contributed by atoms with Gasteiger partial charge >= 0.3 is 0 Å². The van der Waals surface area contributed by atoms with Crippen LogP contribution in [0, 0.1) is 0 Å². The number of nitrogens with one attached hydrogen (secondary N) is 1. The van der Waals surface area contributed by atoms with E-state index in [0.717, 1.165) is 41.9 Å². The largest absolute Gasteiger partial charge is 0.340 e. The summed E-state index contributed by atoms with van der Waals surface area (Å²) in [6.45, 7) is 2.77. The van der Waals surface area contributed by atoms with Crippen molar-refractivity contribution in [3.05, 3.63) is 30.2 Å². The minimum Gasteiger partial charge on any atom is -0.340 e. The van der Waals surface area contributed by atoms with Crippen molar-refractivity contribution in [1.29, 1.82) is 0 Å². The van der Waals surface area contributed by atoms with E-state index in [4.69, 9.17) is 4.98 Å². The van der Waals surface area contributed by atoms with Crippen molar-refractivity contribution in [1.82, 2.24) is 19.7 Å². The zero-order valence-corrected chi connectivity index (χ0v) is 18.1. The lowest BCUT2D eigenvalue weighted by Crippen LogP contribution is -2.55. The molecule has 2 aliphatic rings. The van der Waals surface area contributed by atoms with Crippen molar-refractivity contribution in [2.75, 3.05) is 23.1 Å². The van der Waals surface area contributed by atoms with Crippen LogP contribution in [0.5, 0.6) is 0 Å². The van der Waals surface area contributed by atoms with Gasteiger partial charge in [-0.25, -0.2) is 9.97 Å². The zero-order chi connectivity index (χ0) is 20.4. The molecule has 1 N–H and O–H groups in total. The van der Waals surface area contributed by atoms with Gasteiger partial charge in [0.1, 0.15) is 11.7 Å². The van der Waals surface area contributed by atoms with Crippen molar-refractivity contribution in [3.63, 3.8) is 0 Å². The van der Waals surface area contributed by atoms with Gasteiger partial charge in [0.25, 0.3) is 0 Å². The Morgan fingerprint density at radius 3 is 2.73 bits per heavy atom. The third-order valence-electron chi connectivity index (χ3n) is 5.96. The van der Waals surface area contributed by atoms with E-state index in [9.17, 15) is 4.79 Å². The Labute approximate surface area is 183 Å². The molecule has 30 heavy (non-hydrogen) atoms. The molecule has 2 aromatic heterocycles. The summed E-state index contributed by atoms with van der Waals surface area (Å²) in [5.74, 6) is 1.71. The molecule has 1 aliphatic heterocycles. The first-order valence-electron chi connectivity index (χ1n) is 10.3. The Kier molecular flexibility index (Phi) is 7.31. The lowest BCUT2D eigenvalue weighted by atomic mass is 10.0. The fourth-order valence-electron chi connectivity index (χ4n) is 4.45. The fourth-order valence-corrected chi connectivity index (χ4v) is 4.75. The normalized spacial score (nSPS) is 19.0. The van der Waals surface area contributed by atoms with Gasteiger partial charge in [0, 0.05) is 37.6 Å². The molecular formula is C22H32N6OS. The van der Waals surface area contributed by atoms with E-state index < -0.39 is 0 Å². The first-order chi connectivity index (χ1) is 14.2. The lowest BCUT2D eigenvalue weighted by Gasteiger charge is -2.43. The maximum Gasteiger partial charge on any atom is 0.249 e. The van der Waals surface area contributed by atoms with Crippen molar-refractivity contribution in [3.8, 4) is 11.4 Å². The molecular weight excluding hydrogens is 396 g/mol. The van der Waals surface area contributed by atoms with Crippen molar-refractivity contribution in [2.45, 2.75) is 65.1 Å². The number of hydrogen-bond donors (Lipinski definition) is 1. The first kappa shape index (κ1) is 22.5. The summed E-state index contributed by atoms with van der Waals surface area (Å²) in [5, 5.41) is 0. The highest BCUT2D eigenvalue weighted by Gasteiger charge is 2.41. The molecule has 4 rings (SSSR count). The second-order valence-corrected chi connectivity index (χ2v) is 8.32. The van der Waals surface area contributed by atoms with Gasteiger partial charge in [0.05, 0.1) is 6.20 Å². The minimum absolute atomic E-state index is 0. The molecule has 1 aliphatic carbocycles. The first-order valence-corrected chi connectivity index (χ1v) is 11.5. The van der Waals surface area contributed by atoms with Crippen LogP contribution < -0.4 is 14.5 Å². The molecule has 0 aromatic carbocycles. The summed E-state index contributed by atoms with van der Waals surface area (Å²) in [6, 6.07) is 2.18. The molecule has 0 radical (unpaired) electrons. The number of rotatable bonds is 6. The minimum atomic E-state index is -0.159. The summed E-state index contributed by atoms with van der Waals surface area (Å²) in [7, 11) is 1.83. The van der Waals surface area contributed by atoms with Crippen LogP contribution in [0.4, 0.5) is 11.5 Å². The number of amides is 1. The average molecular weight is 429 g/mol. The Bertz CT molecular complexity index is 886. The summed E-state index contributed by atoms with van der Waals surface area (Å²) >= 11 is 1.57. The zero-order valence-electron chi connectivity index (χ0n) is 17.3. The number of nitrogens with zero attached hydrogens (tertiary/aromatic N) is 5. The van der Waals surface area contributed by atoms with Crippen LogP contribution in [-0.2, 0) is 11.3 Å². The number of carbonyl (C=O) groups excluding carboxylic acids is 1. The van der Waals surface area contributed by atoms with Crippen molar-refractivity contribution >= 4 is 29.4 Å². The van der Waals surface area contributed by atoms with Crippen LogP contribution in [0.15, 0.2) is 24.7 Å². The quantitative estimate of drug-likeness (QED) is 0.696. The van der Waals surface area contributed by atoms with E-state index in [2.05, 4.69) is 26.5 Å². The SMILES string of the molecule is C.CC[C@@H]1C(=O)N(C)c2cnc(-c3ccncc3CNSC)nc2N1C1CCCC1. The van der Waals surface area contributed by atoms with E-state index in [1.807, 2.05) is 25.6 Å². The number of fused-ring (bicyclic) bond motifs is 1. The lowest BCUT2D eigenvalue weighted by molar-refractivity contribution is -0.120. The van der Waals surface area contributed by atoms with Gasteiger partial charge < -0.3 is 9.80 Å². The number of hydrogen-bond acceptors (Lipinski definition) is 7. The van der Waals surface area contributed by atoms with Gasteiger partial charge in [0.2, 0.25) is 5.91 Å². The number of carbonyl (C=O) groups is 1. The Balaban J connectivity index is 0.00000256. The maximum absolute atomic E-state index is 13.0. The smallest absolute Gasteiger partial charge is 0.249 e. The Morgan fingerprint density at radius 2 is 2.03 bits per heavy atom. The summed E-state index contributed by atoms with van der Waals surface area (Å²) in [4.78, 5) is 31.0. The second kappa shape index (κ2) is 9.75. The van der Waals surface area contributed by atoms with Gasteiger partial charge in [-0.1, -0.05) is 39.1 Å². The van der Waals surface area contributed by atoms with Gasteiger partial charge in [-0.3, -0.25) is 14.5 Å². The van der Waals surface area contributed by atoms with Gasteiger partial charge in [-0.15, -0.1) is 0 Å². The molecule has 2 aromatic rings. The standard InChI is InChI=1S/C21H28N6OS.CH4/c1-4-17-21(28)26(2)18-13-23-19(16-9-10-22-11-14(16)12-24-29-3)25-20(18)27(17)15-7-5-6-8-15;/h9-11,13,15,17,24H,4-8,12H2,1-3H3;1H4/t17-;/m1./s1. The number of pyridine rings is 1. The highest BCUT2D eigenvalue weighted by molar-refractivity contribution is 7.96. The molecule has 7 nitrogen and oxygen atoms in total. The molecule has 1 atom stereocenters. The number of aromatic nitrogens is 3. The van der Waals surface area contributed by atoms with Crippen molar-refractivity contribution in [2.24, 2.45) is 0 Å². The van der Waals surface area contributed by atoms with Crippen LogP contribution in [0.3, 0.4) is 0 Å². The predicted octanol–water partition coefficient (Wildman–Crippen LogP) is 4.05. The molecule has 1 fully saturated rings. The van der Waals surface area contributed by atoms with Crippen LogP contribution in [0.1, 0.15) is 52.0 Å².